The Morgan fingerprint density at radius 3 is 2.77 bits per heavy atom. The van der Waals surface area contributed by atoms with Gasteiger partial charge in [0, 0.05) is 30.8 Å². The average molecular weight is 412 g/mol. The molecule has 1 aromatic carbocycles. The van der Waals surface area contributed by atoms with E-state index < -0.39 is 0 Å². The Kier molecular flexibility index (Phi) is 5.95. The second-order valence-corrected chi connectivity index (χ2v) is 8.27. The number of anilines is 1. The van der Waals surface area contributed by atoms with Crippen molar-refractivity contribution in [2.75, 3.05) is 24.7 Å². The normalized spacial score (nSPS) is 22.3. The van der Waals surface area contributed by atoms with Crippen LogP contribution in [0.2, 0.25) is 0 Å². The number of hydrogen-bond donors (Lipinski definition) is 2. The van der Waals surface area contributed by atoms with E-state index >= 15 is 0 Å². The molecule has 160 valence electrons. The second-order valence-electron chi connectivity index (χ2n) is 8.27. The van der Waals surface area contributed by atoms with E-state index in [2.05, 4.69) is 25.3 Å². The number of amides is 1. The van der Waals surface area contributed by atoms with Gasteiger partial charge in [0.2, 0.25) is 5.91 Å². The highest BCUT2D eigenvalue weighted by molar-refractivity contribution is 5.84. The molecule has 1 aromatic rings. The zero-order chi connectivity index (χ0) is 21.3. The molecule has 0 saturated heterocycles. The first kappa shape index (κ1) is 20.7. The lowest BCUT2D eigenvalue weighted by molar-refractivity contribution is -0.135. The maximum Gasteiger partial charge on any atom is 0.229 e. The number of carbonyl (C=O) groups is 1. The Hall–Kier alpha value is -2.60. The fourth-order valence-electron chi connectivity index (χ4n) is 4.88. The number of hydrazine groups is 1. The van der Waals surface area contributed by atoms with Gasteiger partial charge in [0.05, 0.1) is 23.9 Å². The first-order valence-electron chi connectivity index (χ1n) is 10.9. The third-order valence-corrected chi connectivity index (χ3v) is 6.42. The highest BCUT2D eigenvalue weighted by Gasteiger charge is 2.41. The van der Waals surface area contributed by atoms with Crippen LogP contribution in [-0.2, 0) is 4.79 Å². The smallest absolute Gasteiger partial charge is 0.229 e. The van der Waals surface area contributed by atoms with E-state index in [-0.39, 0.29) is 30.2 Å². The number of benzene rings is 1. The Labute approximate surface area is 177 Å². The lowest BCUT2D eigenvalue weighted by Crippen LogP contribution is -2.39. The van der Waals surface area contributed by atoms with Crippen LogP contribution in [-0.4, -0.2) is 35.6 Å². The van der Waals surface area contributed by atoms with E-state index in [1.54, 1.807) is 12.1 Å². The van der Waals surface area contributed by atoms with Crippen LogP contribution in [0.25, 0.3) is 0 Å². The fraction of sp³-hybridized carbons (Fsp3) is 0.458. The molecule has 4 rings (SSSR count). The minimum atomic E-state index is -0.255. The minimum absolute atomic E-state index is 0.00458. The SMILES string of the molecule is CCCCN(CCO)C(=O)[C@H]1CCC2=C1[C@@H](C)C1=CNN(c3ccc(F)cc3)C1=C2. The fourth-order valence-corrected chi connectivity index (χ4v) is 4.88. The summed E-state index contributed by atoms with van der Waals surface area (Å²) in [7, 11) is 0. The summed E-state index contributed by atoms with van der Waals surface area (Å²) in [6.07, 6.45) is 7.85. The molecular formula is C24H30FN3O2. The van der Waals surface area contributed by atoms with Crippen molar-refractivity contribution in [3.8, 4) is 0 Å². The van der Waals surface area contributed by atoms with E-state index in [9.17, 15) is 14.3 Å². The first-order chi connectivity index (χ1) is 14.5. The highest BCUT2D eigenvalue weighted by Crippen LogP contribution is 2.48. The number of unbranched alkanes of at least 4 members (excludes halogenated alkanes) is 1. The van der Waals surface area contributed by atoms with E-state index in [0.29, 0.717) is 13.1 Å². The van der Waals surface area contributed by atoms with Crippen LogP contribution in [0.15, 0.2) is 59.0 Å². The molecule has 0 fully saturated rings. The molecule has 0 radical (unpaired) electrons. The molecule has 0 spiro atoms. The molecule has 30 heavy (non-hydrogen) atoms. The number of rotatable bonds is 7. The number of halogens is 1. The van der Waals surface area contributed by atoms with Gasteiger partial charge in [0.25, 0.3) is 0 Å². The number of nitrogens with zero attached hydrogens (tertiary/aromatic N) is 2. The average Bonchev–Trinajstić information content (AvgIpc) is 3.36. The lowest BCUT2D eigenvalue weighted by Gasteiger charge is -2.31. The van der Waals surface area contributed by atoms with Crippen molar-refractivity contribution in [3.05, 3.63) is 64.8 Å². The van der Waals surface area contributed by atoms with Gasteiger partial charge < -0.3 is 15.4 Å². The summed E-state index contributed by atoms with van der Waals surface area (Å²) < 4.78 is 13.3. The van der Waals surface area contributed by atoms with Gasteiger partial charge in [-0.15, -0.1) is 0 Å². The highest BCUT2D eigenvalue weighted by atomic mass is 19.1. The number of allylic oxidation sites excluding steroid dienone is 3. The van der Waals surface area contributed by atoms with Gasteiger partial charge in [-0.3, -0.25) is 9.80 Å². The molecule has 2 aliphatic carbocycles. The molecule has 0 unspecified atom stereocenters. The van der Waals surface area contributed by atoms with E-state index in [4.69, 9.17) is 0 Å². The number of fused-ring (bicyclic) bond motifs is 1. The molecule has 5 nitrogen and oxygen atoms in total. The molecule has 6 heteroatoms. The van der Waals surface area contributed by atoms with Crippen molar-refractivity contribution in [1.29, 1.82) is 0 Å². The summed E-state index contributed by atoms with van der Waals surface area (Å²) in [5, 5.41) is 11.4. The summed E-state index contributed by atoms with van der Waals surface area (Å²) in [5.41, 5.74) is 8.85. The summed E-state index contributed by atoms with van der Waals surface area (Å²) in [6.45, 7) is 5.37. The van der Waals surface area contributed by atoms with Crippen molar-refractivity contribution < 1.29 is 14.3 Å². The lowest BCUT2D eigenvalue weighted by atomic mass is 9.80. The predicted molar refractivity (Wildman–Crippen MR) is 116 cm³/mol. The Morgan fingerprint density at radius 2 is 2.07 bits per heavy atom. The Morgan fingerprint density at radius 1 is 1.30 bits per heavy atom. The summed E-state index contributed by atoms with van der Waals surface area (Å²) in [5.74, 6) is -0.0866. The number of aliphatic hydroxyl groups excluding tert-OH is 1. The van der Waals surface area contributed by atoms with Gasteiger partial charge in [-0.1, -0.05) is 20.3 Å². The second kappa shape index (κ2) is 8.64. The number of aliphatic hydroxyl groups is 1. The van der Waals surface area contributed by atoms with E-state index in [1.165, 1.54) is 23.3 Å². The Balaban J connectivity index is 1.61. The van der Waals surface area contributed by atoms with Crippen LogP contribution < -0.4 is 10.4 Å². The largest absolute Gasteiger partial charge is 0.395 e. The zero-order valence-corrected chi connectivity index (χ0v) is 17.7. The van der Waals surface area contributed by atoms with Crippen LogP contribution >= 0.6 is 0 Å². The van der Waals surface area contributed by atoms with Crippen molar-refractivity contribution in [2.45, 2.75) is 39.5 Å². The van der Waals surface area contributed by atoms with Gasteiger partial charge in [-0.25, -0.2) is 4.39 Å². The van der Waals surface area contributed by atoms with E-state index in [1.807, 2.05) is 16.1 Å². The molecule has 0 aromatic heterocycles. The monoisotopic (exact) mass is 411 g/mol. The first-order valence-corrected chi connectivity index (χ1v) is 10.9. The van der Waals surface area contributed by atoms with Crippen LogP contribution in [0.4, 0.5) is 10.1 Å². The number of nitrogens with one attached hydrogen (secondary N) is 1. The molecule has 1 aliphatic heterocycles. The van der Waals surface area contributed by atoms with Gasteiger partial charge in [-0.2, -0.15) is 0 Å². The molecule has 1 heterocycles. The number of hydrogen-bond acceptors (Lipinski definition) is 4. The van der Waals surface area contributed by atoms with Crippen molar-refractivity contribution in [3.63, 3.8) is 0 Å². The molecule has 3 aliphatic rings. The summed E-state index contributed by atoms with van der Waals surface area (Å²) >= 11 is 0. The Bertz CT molecular complexity index is 904. The van der Waals surface area contributed by atoms with Crippen LogP contribution in [0.1, 0.15) is 39.5 Å². The minimum Gasteiger partial charge on any atom is -0.395 e. The molecule has 2 N–H and O–H groups in total. The van der Waals surface area contributed by atoms with Crippen LogP contribution in [0.5, 0.6) is 0 Å². The van der Waals surface area contributed by atoms with Crippen molar-refractivity contribution in [2.24, 2.45) is 11.8 Å². The molecule has 0 saturated carbocycles. The quantitative estimate of drug-likeness (QED) is 0.715. The third kappa shape index (κ3) is 3.65. The van der Waals surface area contributed by atoms with Crippen LogP contribution in [0.3, 0.4) is 0 Å². The summed E-state index contributed by atoms with van der Waals surface area (Å²) in [4.78, 5) is 15.2. The van der Waals surface area contributed by atoms with Gasteiger partial charge >= 0.3 is 0 Å². The predicted octanol–water partition coefficient (Wildman–Crippen LogP) is 3.90. The van der Waals surface area contributed by atoms with Gasteiger partial charge in [-0.05, 0) is 60.8 Å². The molecule has 2 atom stereocenters. The van der Waals surface area contributed by atoms with Crippen molar-refractivity contribution >= 4 is 11.6 Å². The molecule has 0 bridgehead atoms. The maximum absolute atomic E-state index is 13.3. The maximum atomic E-state index is 13.3. The molecular weight excluding hydrogens is 381 g/mol. The zero-order valence-electron chi connectivity index (χ0n) is 17.7. The number of carbonyl (C=O) groups excluding carboxylic acids is 1. The van der Waals surface area contributed by atoms with Crippen molar-refractivity contribution in [1.82, 2.24) is 10.3 Å². The van der Waals surface area contributed by atoms with E-state index in [0.717, 1.165) is 42.6 Å². The van der Waals surface area contributed by atoms with Gasteiger partial charge in [0.15, 0.2) is 0 Å². The topological polar surface area (TPSA) is 55.8 Å². The van der Waals surface area contributed by atoms with Crippen LogP contribution in [0, 0.1) is 17.7 Å². The third-order valence-electron chi connectivity index (χ3n) is 6.42. The summed E-state index contributed by atoms with van der Waals surface area (Å²) in [6, 6.07) is 6.44. The standard InChI is InChI=1S/C24H30FN3O2/c1-3-4-11-27(12-13-29)24(30)20-10-5-17-14-22-21(16(2)23(17)20)15-26-28(22)19-8-6-18(25)7-9-19/h6-9,14-16,20,26,29H,3-5,10-13H2,1-2H3/t16-,20-/m0/s1. The molecule has 1 amide bonds. The van der Waals surface area contributed by atoms with Gasteiger partial charge in [0.1, 0.15) is 5.82 Å².